The maximum absolute atomic E-state index is 10.5. The lowest BCUT2D eigenvalue weighted by Crippen LogP contribution is -2.03. The number of hydrogen-bond acceptors (Lipinski definition) is 4. The van der Waals surface area contributed by atoms with E-state index in [4.69, 9.17) is 19.7 Å². The average molecular weight is 590 g/mol. The lowest BCUT2D eigenvalue weighted by atomic mass is 10.2. The molecule has 0 atom stereocenters. The molecule has 0 saturated carbocycles. The van der Waals surface area contributed by atoms with Crippen LogP contribution in [0.1, 0.15) is 51.4 Å². The molecule has 8 heteroatoms. The average Bonchev–Trinajstić information content (AvgIpc) is 2.57. The Morgan fingerprint density at radius 1 is 0.731 bits per heavy atom. The summed E-state index contributed by atoms with van der Waals surface area (Å²) < 4.78 is 13.5. The van der Waals surface area contributed by atoms with Gasteiger partial charge in [0, 0.05) is 12.8 Å². The summed E-state index contributed by atoms with van der Waals surface area (Å²) in [5.41, 5.74) is 0. The van der Waals surface area contributed by atoms with Crippen molar-refractivity contribution in [2.45, 2.75) is 51.4 Å². The van der Waals surface area contributed by atoms with Crippen molar-refractivity contribution in [3.8, 4) is 11.5 Å². The Kier molecular flexibility index (Phi) is 12.0. The highest BCUT2D eigenvalue weighted by Crippen LogP contribution is 2.31. The highest BCUT2D eigenvalue weighted by Gasteiger charge is 2.09. The molecule has 2 N–H and O–H groups in total. The molecule has 0 heterocycles. The van der Waals surface area contributed by atoms with Crippen LogP contribution in [0.25, 0.3) is 0 Å². The second kappa shape index (κ2) is 13.4. The topological polar surface area (TPSA) is 93.1 Å². The monoisotopic (exact) mass is 590 g/mol. The zero-order valence-corrected chi connectivity index (χ0v) is 18.8. The van der Waals surface area contributed by atoms with Crippen molar-refractivity contribution < 1.29 is 29.3 Å². The number of hydrogen-bond donors (Lipinski definition) is 2. The van der Waals surface area contributed by atoms with E-state index in [1.54, 1.807) is 0 Å². The Bertz CT molecular complexity index is 540. The van der Waals surface area contributed by atoms with Gasteiger partial charge < -0.3 is 19.7 Å². The van der Waals surface area contributed by atoms with Crippen LogP contribution in [-0.2, 0) is 9.59 Å². The molecule has 146 valence electrons. The molecule has 1 aromatic rings. The molecule has 1 aromatic carbocycles. The Balaban J connectivity index is 2.32. The van der Waals surface area contributed by atoms with E-state index in [2.05, 4.69) is 45.2 Å². The number of benzene rings is 1. The van der Waals surface area contributed by atoms with Gasteiger partial charge in [-0.15, -0.1) is 0 Å². The van der Waals surface area contributed by atoms with Crippen LogP contribution in [0.3, 0.4) is 0 Å². The van der Waals surface area contributed by atoms with Crippen LogP contribution in [0.5, 0.6) is 11.5 Å². The summed E-state index contributed by atoms with van der Waals surface area (Å²) in [6, 6.07) is 3.89. The van der Waals surface area contributed by atoms with Crippen molar-refractivity contribution in [2.24, 2.45) is 0 Å². The second-order valence-electron chi connectivity index (χ2n) is 5.82. The summed E-state index contributed by atoms with van der Waals surface area (Å²) in [6.07, 6.45) is 5.09. The first-order valence-electron chi connectivity index (χ1n) is 8.58. The molecule has 0 aliphatic heterocycles. The summed E-state index contributed by atoms with van der Waals surface area (Å²) in [7, 11) is 0. The van der Waals surface area contributed by atoms with Gasteiger partial charge in [0.25, 0.3) is 0 Å². The predicted molar refractivity (Wildman–Crippen MR) is 115 cm³/mol. The van der Waals surface area contributed by atoms with Gasteiger partial charge >= 0.3 is 11.9 Å². The van der Waals surface area contributed by atoms with Gasteiger partial charge in [0.1, 0.15) is 11.5 Å². The van der Waals surface area contributed by atoms with Crippen LogP contribution >= 0.6 is 45.2 Å². The quantitative estimate of drug-likeness (QED) is 0.236. The molecule has 0 radical (unpaired) electrons. The normalized spacial score (nSPS) is 10.5. The first kappa shape index (κ1) is 23.3. The highest BCUT2D eigenvalue weighted by atomic mass is 127. The fraction of sp³-hybridized carbons (Fsp3) is 0.556. The summed E-state index contributed by atoms with van der Waals surface area (Å²) in [5.74, 6) is 0.101. The largest absolute Gasteiger partial charge is 0.492 e. The minimum absolute atomic E-state index is 0.206. The molecule has 0 aliphatic rings. The molecule has 0 aromatic heterocycles. The molecule has 0 amide bonds. The van der Waals surface area contributed by atoms with Crippen LogP contribution in [0.4, 0.5) is 0 Å². The summed E-state index contributed by atoms with van der Waals surface area (Å²) >= 11 is 4.42. The van der Waals surface area contributed by atoms with Crippen molar-refractivity contribution >= 4 is 57.1 Å². The third-order valence-electron chi connectivity index (χ3n) is 3.57. The fourth-order valence-corrected chi connectivity index (χ4v) is 3.39. The lowest BCUT2D eigenvalue weighted by molar-refractivity contribution is -0.138. The molecule has 26 heavy (non-hydrogen) atoms. The lowest BCUT2D eigenvalue weighted by Gasteiger charge is -2.13. The zero-order chi connectivity index (χ0) is 19.4. The second-order valence-corrected chi connectivity index (χ2v) is 8.14. The van der Waals surface area contributed by atoms with Gasteiger partial charge in [-0.25, -0.2) is 0 Å². The van der Waals surface area contributed by atoms with Gasteiger partial charge in [-0.1, -0.05) is 0 Å². The van der Waals surface area contributed by atoms with Crippen molar-refractivity contribution in [3.63, 3.8) is 0 Å². The predicted octanol–water partition coefficient (Wildman–Crippen LogP) is 4.94. The minimum atomic E-state index is -0.757. The summed E-state index contributed by atoms with van der Waals surface area (Å²) in [5, 5.41) is 17.2. The van der Waals surface area contributed by atoms with Crippen molar-refractivity contribution in [3.05, 3.63) is 19.3 Å². The van der Waals surface area contributed by atoms with E-state index in [1.165, 1.54) is 0 Å². The van der Waals surface area contributed by atoms with E-state index >= 15 is 0 Å². The molecule has 6 nitrogen and oxygen atoms in total. The van der Waals surface area contributed by atoms with E-state index in [1.807, 2.05) is 12.1 Å². The first-order chi connectivity index (χ1) is 12.4. The number of unbranched alkanes of at least 4 members (excludes halogenated alkanes) is 4. The highest BCUT2D eigenvalue weighted by molar-refractivity contribution is 14.1. The smallest absolute Gasteiger partial charge is 0.303 e. The van der Waals surface area contributed by atoms with E-state index < -0.39 is 11.9 Å². The Morgan fingerprint density at radius 2 is 1.12 bits per heavy atom. The van der Waals surface area contributed by atoms with E-state index in [0.29, 0.717) is 26.1 Å². The molecule has 0 spiro atoms. The minimum Gasteiger partial charge on any atom is -0.492 e. The Labute approximate surface area is 180 Å². The molecule has 1 rings (SSSR count). The third kappa shape index (κ3) is 10.4. The maximum atomic E-state index is 10.5. The van der Waals surface area contributed by atoms with Gasteiger partial charge in [0.05, 0.1) is 20.4 Å². The van der Waals surface area contributed by atoms with Gasteiger partial charge in [0.15, 0.2) is 0 Å². The molecular weight excluding hydrogens is 566 g/mol. The Hall–Kier alpha value is -0.780. The summed E-state index contributed by atoms with van der Waals surface area (Å²) in [4.78, 5) is 20.9. The van der Waals surface area contributed by atoms with E-state index in [-0.39, 0.29) is 12.8 Å². The van der Waals surface area contributed by atoms with E-state index in [9.17, 15) is 9.59 Å². The maximum Gasteiger partial charge on any atom is 0.303 e. The number of aliphatic carboxylic acids is 2. The standard InChI is InChI=1S/C18H24I2O6/c19-13-12-16(26-10-6-2-4-8-18(23)24)14(20)11-15(13)25-9-5-1-3-7-17(21)22/h11-12H,1-10H2,(H,21,22)(H,23,24). The van der Waals surface area contributed by atoms with Crippen molar-refractivity contribution in [2.75, 3.05) is 13.2 Å². The van der Waals surface area contributed by atoms with Gasteiger partial charge in [0.2, 0.25) is 0 Å². The van der Waals surface area contributed by atoms with Crippen LogP contribution in [0.15, 0.2) is 12.1 Å². The number of carboxylic acids is 2. The van der Waals surface area contributed by atoms with Crippen LogP contribution in [-0.4, -0.2) is 35.4 Å². The first-order valence-corrected chi connectivity index (χ1v) is 10.7. The molecule has 0 fully saturated rings. The van der Waals surface area contributed by atoms with Crippen LogP contribution < -0.4 is 9.47 Å². The summed E-state index contributed by atoms with van der Waals surface area (Å²) in [6.45, 7) is 1.13. The number of rotatable bonds is 14. The van der Waals surface area contributed by atoms with Gasteiger partial charge in [-0.2, -0.15) is 0 Å². The van der Waals surface area contributed by atoms with E-state index in [0.717, 1.165) is 44.3 Å². The number of carbonyl (C=O) groups is 2. The van der Waals surface area contributed by atoms with Gasteiger partial charge in [-0.3, -0.25) is 9.59 Å². The molecule has 0 unspecified atom stereocenters. The molecule has 0 bridgehead atoms. The SMILES string of the molecule is O=C(O)CCCCCOc1cc(I)c(OCCCCCC(=O)O)cc1I. The number of halogens is 2. The molecule has 0 aliphatic carbocycles. The Morgan fingerprint density at radius 3 is 1.46 bits per heavy atom. The zero-order valence-electron chi connectivity index (χ0n) is 14.5. The van der Waals surface area contributed by atoms with Crippen LogP contribution in [0.2, 0.25) is 0 Å². The van der Waals surface area contributed by atoms with Gasteiger partial charge in [-0.05, 0) is 95.8 Å². The molecular formula is C18H24I2O6. The fourth-order valence-electron chi connectivity index (χ4n) is 2.21. The molecule has 0 saturated heterocycles. The number of ether oxygens (including phenoxy) is 2. The third-order valence-corrected chi connectivity index (χ3v) is 5.26. The van der Waals surface area contributed by atoms with Crippen molar-refractivity contribution in [1.82, 2.24) is 0 Å². The number of carboxylic acid groups (broad SMARTS) is 2. The van der Waals surface area contributed by atoms with Crippen molar-refractivity contribution in [1.29, 1.82) is 0 Å². The van der Waals surface area contributed by atoms with Crippen LogP contribution in [0, 0.1) is 7.14 Å².